The number of hydrogen-bond donors (Lipinski definition) is 1. The molecule has 6 nitrogen and oxygen atoms in total. The Hall–Kier alpha value is -2.25. The van der Waals surface area contributed by atoms with Gasteiger partial charge in [0.15, 0.2) is 0 Å². The molecule has 1 aliphatic heterocycles. The topological polar surface area (TPSA) is 67.6 Å². The zero-order chi connectivity index (χ0) is 19.3. The third-order valence-corrected chi connectivity index (χ3v) is 5.23. The van der Waals surface area contributed by atoms with Crippen LogP contribution in [0.1, 0.15) is 31.2 Å². The van der Waals surface area contributed by atoms with Crippen molar-refractivity contribution in [2.45, 2.75) is 32.2 Å². The molecule has 0 bridgehead atoms. The highest BCUT2D eigenvalue weighted by Gasteiger charge is 2.41. The molecular weight excluding hydrogens is 349 g/mol. The lowest BCUT2D eigenvalue weighted by Crippen LogP contribution is -2.47. The predicted molar refractivity (Wildman–Crippen MR) is 99.2 cm³/mol. The summed E-state index contributed by atoms with van der Waals surface area (Å²) >= 11 is 0. The minimum Gasteiger partial charge on any atom is -0.481 e. The number of nitrogens with zero attached hydrogens (tertiary/aromatic N) is 3. The summed E-state index contributed by atoms with van der Waals surface area (Å²) in [5.74, 6) is -1.03. The second kappa shape index (κ2) is 8.63. The summed E-state index contributed by atoms with van der Waals surface area (Å²) in [6.45, 7) is 2.60. The highest BCUT2D eigenvalue weighted by molar-refractivity contribution is 5.75. The number of hydrogen-bond acceptors (Lipinski definition) is 4. The van der Waals surface area contributed by atoms with E-state index in [4.69, 9.17) is 4.74 Å². The van der Waals surface area contributed by atoms with Crippen LogP contribution in [0.4, 0.5) is 4.39 Å². The number of aliphatic carboxylic acids is 1. The van der Waals surface area contributed by atoms with Crippen molar-refractivity contribution in [3.8, 4) is 5.69 Å². The summed E-state index contributed by atoms with van der Waals surface area (Å²) in [7, 11) is 1.64. The molecule has 1 fully saturated rings. The fourth-order valence-electron chi connectivity index (χ4n) is 3.86. The molecule has 1 aromatic carbocycles. The molecule has 0 unspecified atom stereocenters. The van der Waals surface area contributed by atoms with E-state index in [1.807, 2.05) is 6.20 Å². The number of carboxylic acid groups (broad SMARTS) is 1. The normalized spacial score (nSPS) is 20.7. The van der Waals surface area contributed by atoms with E-state index in [2.05, 4.69) is 10.00 Å². The first-order valence-electron chi connectivity index (χ1n) is 9.27. The first-order valence-corrected chi connectivity index (χ1v) is 9.27. The number of benzene rings is 1. The Kier molecular flexibility index (Phi) is 6.23. The summed E-state index contributed by atoms with van der Waals surface area (Å²) in [5.41, 5.74) is 0.937. The predicted octanol–water partition coefficient (Wildman–Crippen LogP) is 3.10. The molecule has 0 amide bonds. The Morgan fingerprint density at radius 2 is 2.30 bits per heavy atom. The van der Waals surface area contributed by atoms with Crippen LogP contribution >= 0.6 is 0 Å². The van der Waals surface area contributed by atoms with Gasteiger partial charge in [0.1, 0.15) is 5.82 Å². The number of carbonyl (C=O) groups is 1. The number of halogens is 1. The second-order valence-electron chi connectivity index (χ2n) is 7.27. The lowest BCUT2D eigenvalue weighted by molar-refractivity contribution is -0.153. The highest BCUT2D eigenvalue weighted by atomic mass is 19.1. The minimum absolute atomic E-state index is 0.303. The molecule has 0 aliphatic carbocycles. The zero-order valence-electron chi connectivity index (χ0n) is 15.6. The van der Waals surface area contributed by atoms with Crippen molar-refractivity contribution in [1.82, 2.24) is 14.7 Å². The third-order valence-electron chi connectivity index (χ3n) is 5.23. The Bertz CT molecular complexity index is 779. The fourth-order valence-corrected chi connectivity index (χ4v) is 3.86. The van der Waals surface area contributed by atoms with Crippen molar-refractivity contribution in [3.05, 3.63) is 48.0 Å². The van der Waals surface area contributed by atoms with Crippen molar-refractivity contribution in [3.63, 3.8) is 0 Å². The Morgan fingerprint density at radius 3 is 3.04 bits per heavy atom. The summed E-state index contributed by atoms with van der Waals surface area (Å²) < 4.78 is 20.1. The largest absolute Gasteiger partial charge is 0.481 e. The lowest BCUT2D eigenvalue weighted by Gasteiger charge is -2.40. The van der Waals surface area contributed by atoms with Crippen molar-refractivity contribution >= 4 is 5.97 Å². The Morgan fingerprint density at radius 1 is 1.44 bits per heavy atom. The van der Waals surface area contributed by atoms with Crippen molar-refractivity contribution in [1.29, 1.82) is 0 Å². The Labute approximate surface area is 158 Å². The SMILES string of the molecule is COCCC[C@@]1(C(=O)O)CCCN(Cc2cnn(-c3cccc(F)c3)c2)C1. The molecule has 1 atom stereocenters. The van der Waals surface area contributed by atoms with Crippen LogP contribution in [0.2, 0.25) is 0 Å². The van der Waals surface area contributed by atoms with E-state index in [1.165, 1.54) is 12.1 Å². The maximum Gasteiger partial charge on any atom is 0.310 e. The van der Waals surface area contributed by atoms with Crippen molar-refractivity contribution in [2.75, 3.05) is 26.8 Å². The molecule has 146 valence electrons. The number of carboxylic acids is 1. The van der Waals surface area contributed by atoms with Gasteiger partial charge in [-0.3, -0.25) is 9.69 Å². The number of rotatable bonds is 8. The smallest absolute Gasteiger partial charge is 0.310 e. The molecule has 0 spiro atoms. The standard InChI is InChI=1S/C20H26FN3O3/c1-27-10-4-8-20(19(25)26)7-3-9-23(15-20)13-16-12-22-24(14-16)18-6-2-5-17(21)11-18/h2,5-6,11-12,14H,3-4,7-10,13,15H2,1H3,(H,25,26)/t20-/m0/s1. The molecule has 1 saturated heterocycles. The zero-order valence-corrected chi connectivity index (χ0v) is 15.6. The van der Waals surface area contributed by atoms with Gasteiger partial charge in [0.25, 0.3) is 0 Å². The molecule has 1 aromatic heterocycles. The second-order valence-corrected chi connectivity index (χ2v) is 7.27. The molecule has 3 rings (SSSR count). The van der Waals surface area contributed by atoms with E-state index in [1.54, 1.807) is 30.1 Å². The van der Waals surface area contributed by atoms with Crippen LogP contribution in [0.5, 0.6) is 0 Å². The van der Waals surface area contributed by atoms with Crippen molar-refractivity contribution in [2.24, 2.45) is 5.41 Å². The van der Waals surface area contributed by atoms with Crippen LogP contribution in [-0.4, -0.2) is 52.6 Å². The average Bonchev–Trinajstić information content (AvgIpc) is 3.11. The monoisotopic (exact) mass is 375 g/mol. The van der Waals surface area contributed by atoms with Gasteiger partial charge in [-0.15, -0.1) is 0 Å². The summed E-state index contributed by atoms with van der Waals surface area (Å²) in [5, 5.41) is 14.1. The van der Waals surface area contributed by atoms with Gasteiger partial charge in [-0.1, -0.05) is 6.07 Å². The van der Waals surface area contributed by atoms with Gasteiger partial charge in [-0.25, -0.2) is 9.07 Å². The maximum atomic E-state index is 13.4. The molecule has 1 aliphatic rings. The molecule has 2 aromatic rings. The summed E-state index contributed by atoms with van der Waals surface area (Å²) in [6.07, 6.45) is 6.55. The van der Waals surface area contributed by atoms with E-state index >= 15 is 0 Å². The number of ether oxygens (including phenoxy) is 1. The Balaban J connectivity index is 1.67. The van der Waals surface area contributed by atoms with Gasteiger partial charge in [0, 0.05) is 38.6 Å². The summed E-state index contributed by atoms with van der Waals surface area (Å²) in [4.78, 5) is 14.1. The lowest BCUT2D eigenvalue weighted by atomic mass is 9.76. The number of likely N-dealkylation sites (tertiary alicyclic amines) is 1. The molecule has 1 N–H and O–H groups in total. The van der Waals surface area contributed by atoms with Crippen LogP contribution in [0.3, 0.4) is 0 Å². The van der Waals surface area contributed by atoms with Crippen LogP contribution in [0.15, 0.2) is 36.7 Å². The van der Waals surface area contributed by atoms with Gasteiger partial charge in [-0.05, 0) is 50.4 Å². The van der Waals surface area contributed by atoms with E-state index in [0.717, 1.165) is 24.9 Å². The van der Waals surface area contributed by atoms with E-state index in [0.29, 0.717) is 38.2 Å². The van der Waals surface area contributed by atoms with Crippen LogP contribution in [0.25, 0.3) is 5.69 Å². The van der Waals surface area contributed by atoms with Gasteiger partial charge in [-0.2, -0.15) is 5.10 Å². The van der Waals surface area contributed by atoms with Crippen LogP contribution in [0, 0.1) is 11.2 Å². The number of piperidine rings is 1. The first-order chi connectivity index (χ1) is 13.0. The third kappa shape index (κ3) is 4.73. The van der Waals surface area contributed by atoms with Gasteiger partial charge < -0.3 is 9.84 Å². The fraction of sp³-hybridized carbons (Fsp3) is 0.500. The van der Waals surface area contributed by atoms with Gasteiger partial charge in [0.2, 0.25) is 0 Å². The van der Waals surface area contributed by atoms with Gasteiger partial charge >= 0.3 is 5.97 Å². The number of methoxy groups -OCH3 is 1. The molecule has 2 heterocycles. The molecule has 27 heavy (non-hydrogen) atoms. The van der Waals surface area contributed by atoms with Crippen LogP contribution in [-0.2, 0) is 16.1 Å². The average molecular weight is 375 g/mol. The molecule has 0 saturated carbocycles. The van der Waals surface area contributed by atoms with E-state index in [9.17, 15) is 14.3 Å². The summed E-state index contributed by atoms with van der Waals surface area (Å²) in [6, 6.07) is 6.28. The maximum absolute atomic E-state index is 13.4. The molecule has 0 radical (unpaired) electrons. The van der Waals surface area contributed by atoms with E-state index in [-0.39, 0.29) is 5.82 Å². The quantitative estimate of drug-likeness (QED) is 0.718. The molecule has 7 heteroatoms. The van der Waals surface area contributed by atoms with Crippen molar-refractivity contribution < 1.29 is 19.0 Å². The first kappa shape index (κ1) is 19.5. The molecular formula is C20H26FN3O3. The van der Waals surface area contributed by atoms with E-state index < -0.39 is 11.4 Å². The minimum atomic E-state index is -0.723. The van der Waals surface area contributed by atoms with Crippen LogP contribution < -0.4 is 0 Å². The highest BCUT2D eigenvalue weighted by Crippen LogP contribution is 2.35. The number of aromatic nitrogens is 2. The van der Waals surface area contributed by atoms with Gasteiger partial charge in [0.05, 0.1) is 17.3 Å².